The van der Waals surface area contributed by atoms with Crippen LogP contribution in [0.5, 0.6) is 0 Å². The number of carbonyl (C=O) groups is 1. The zero-order chi connectivity index (χ0) is 22.2. The number of aromatic nitrogens is 6. The van der Waals surface area contributed by atoms with Crippen molar-refractivity contribution in [3.8, 4) is 11.4 Å². The number of nitrogens with zero attached hydrogens (tertiary/aromatic N) is 5. The average molecular weight is 425 g/mol. The molecule has 0 aliphatic rings. The van der Waals surface area contributed by atoms with E-state index in [1.54, 1.807) is 48.3 Å². The Kier molecular flexibility index (Phi) is 4.63. The molecule has 158 valence electrons. The number of rotatable bonds is 4. The van der Waals surface area contributed by atoms with Gasteiger partial charge in [-0.1, -0.05) is 17.3 Å². The summed E-state index contributed by atoms with van der Waals surface area (Å²) in [5.41, 5.74) is 4.16. The highest BCUT2D eigenvalue weighted by Gasteiger charge is 2.19. The van der Waals surface area contributed by atoms with Gasteiger partial charge in [-0.15, -0.1) is 5.10 Å². The Morgan fingerprint density at radius 3 is 2.72 bits per heavy atom. The minimum absolute atomic E-state index is 0.214. The van der Waals surface area contributed by atoms with Crippen LogP contribution in [0.1, 0.15) is 21.9 Å². The highest BCUT2D eigenvalue weighted by molar-refractivity contribution is 6.03. The smallest absolute Gasteiger partial charge is 0.320 e. The molecule has 3 heterocycles. The number of carbonyl (C=O) groups excluding carboxylic acids is 1. The Balaban J connectivity index is 1.46. The molecule has 2 aromatic carbocycles. The van der Waals surface area contributed by atoms with E-state index in [4.69, 9.17) is 0 Å². The van der Waals surface area contributed by atoms with E-state index >= 15 is 0 Å². The van der Waals surface area contributed by atoms with Gasteiger partial charge in [0.2, 0.25) is 0 Å². The van der Waals surface area contributed by atoms with Crippen LogP contribution in [0.2, 0.25) is 0 Å². The van der Waals surface area contributed by atoms with Crippen LogP contribution in [0.3, 0.4) is 0 Å². The lowest BCUT2D eigenvalue weighted by Crippen LogP contribution is -2.17. The van der Waals surface area contributed by atoms with Crippen molar-refractivity contribution in [2.75, 3.05) is 5.32 Å². The van der Waals surface area contributed by atoms with E-state index in [0.717, 1.165) is 22.3 Å². The lowest BCUT2D eigenvalue weighted by molar-refractivity contribution is 0.102. The second kappa shape index (κ2) is 7.62. The second-order valence-corrected chi connectivity index (χ2v) is 7.36. The average Bonchev–Trinajstić information content (AvgIpc) is 3.35. The van der Waals surface area contributed by atoms with Gasteiger partial charge in [-0.3, -0.25) is 14.3 Å². The van der Waals surface area contributed by atoms with E-state index in [-0.39, 0.29) is 17.3 Å². The van der Waals surface area contributed by atoms with E-state index in [1.807, 2.05) is 37.3 Å². The van der Waals surface area contributed by atoms with Crippen LogP contribution in [-0.4, -0.2) is 35.4 Å². The zero-order valence-corrected chi connectivity index (χ0v) is 17.4. The maximum atomic E-state index is 13.0. The number of pyridine rings is 1. The number of aromatic amines is 1. The number of nitrogens with one attached hydrogen (secondary N) is 2. The van der Waals surface area contributed by atoms with Gasteiger partial charge >= 0.3 is 5.69 Å². The van der Waals surface area contributed by atoms with Gasteiger partial charge < -0.3 is 10.3 Å². The lowest BCUT2D eigenvalue weighted by Gasteiger charge is -2.09. The minimum atomic E-state index is -0.387. The Morgan fingerprint density at radius 2 is 1.91 bits per heavy atom. The quantitative estimate of drug-likeness (QED) is 0.460. The molecule has 9 heteroatoms. The van der Waals surface area contributed by atoms with Crippen molar-refractivity contribution < 1.29 is 4.79 Å². The summed E-state index contributed by atoms with van der Waals surface area (Å²) in [6.45, 7) is 3.62. The van der Waals surface area contributed by atoms with Crippen LogP contribution in [0, 0.1) is 13.8 Å². The van der Waals surface area contributed by atoms with Gasteiger partial charge in [0.15, 0.2) is 5.69 Å². The van der Waals surface area contributed by atoms with Crippen LogP contribution < -0.4 is 11.0 Å². The van der Waals surface area contributed by atoms with E-state index < -0.39 is 0 Å². The zero-order valence-electron chi connectivity index (χ0n) is 17.4. The van der Waals surface area contributed by atoms with Crippen molar-refractivity contribution in [2.24, 2.45) is 0 Å². The normalized spacial score (nSPS) is 11.1. The molecule has 0 saturated carbocycles. The maximum Gasteiger partial charge on any atom is 0.330 e. The summed E-state index contributed by atoms with van der Waals surface area (Å²) in [5, 5.41) is 12.1. The molecule has 5 aromatic rings. The molecule has 3 aromatic heterocycles. The van der Waals surface area contributed by atoms with Gasteiger partial charge in [0.05, 0.1) is 22.6 Å². The molecule has 0 spiro atoms. The van der Waals surface area contributed by atoms with Crippen LogP contribution in [0.15, 0.2) is 71.8 Å². The molecule has 0 fully saturated rings. The number of fused-ring (bicyclic) bond motifs is 1. The van der Waals surface area contributed by atoms with Crippen molar-refractivity contribution in [1.29, 1.82) is 0 Å². The summed E-state index contributed by atoms with van der Waals surface area (Å²) in [7, 11) is 0. The second-order valence-electron chi connectivity index (χ2n) is 7.36. The fourth-order valence-electron chi connectivity index (χ4n) is 3.73. The van der Waals surface area contributed by atoms with Gasteiger partial charge in [0, 0.05) is 29.2 Å². The Morgan fingerprint density at radius 1 is 1.06 bits per heavy atom. The largest absolute Gasteiger partial charge is 0.330 e. The fraction of sp³-hybridized carbons (Fsp3) is 0.0870. The van der Waals surface area contributed by atoms with Crippen molar-refractivity contribution in [2.45, 2.75) is 13.8 Å². The van der Waals surface area contributed by atoms with Crippen LogP contribution in [0.25, 0.3) is 22.3 Å². The van der Waals surface area contributed by atoms with E-state index in [2.05, 4.69) is 25.6 Å². The summed E-state index contributed by atoms with van der Waals surface area (Å²) in [5.74, 6) is -0.387. The molecule has 32 heavy (non-hydrogen) atoms. The fourth-order valence-corrected chi connectivity index (χ4v) is 3.73. The van der Waals surface area contributed by atoms with Gasteiger partial charge in [-0.2, -0.15) is 0 Å². The molecular formula is C23H19N7O2. The third-order valence-corrected chi connectivity index (χ3v) is 5.28. The van der Waals surface area contributed by atoms with Crippen molar-refractivity contribution in [3.63, 3.8) is 0 Å². The van der Waals surface area contributed by atoms with Gasteiger partial charge in [-0.25, -0.2) is 9.48 Å². The van der Waals surface area contributed by atoms with Crippen molar-refractivity contribution >= 4 is 22.5 Å². The van der Waals surface area contributed by atoms with Gasteiger partial charge in [-0.05, 0) is 56.3 Å². The first-order valence-electron chi connectivity index (χ1n) is 9.98. The number of aryl methyl sites for hydroxylation is 1. The Labute approximate surface area is 182 Å². The van der Waals surface area contributed by atoms with Crippen LogP contribution in [-0.2, 0) is 0 Å². The summed E-state index contributed by atoms with van der Waals surface area (Å²) >= 11 is 0. The lowest BCUT2D eigenvalue weighted by atomic mass is 10.2. The summed E-state index contributed by atoms with van der Waals surface area (Å²) in [6, 6.07) is 16.6. The predicted octanol–water partition coefficient (Wildman–Crippen LogP) is 3.16. The van der Waals surface area contributed by atoms with Crippen molar-refractivity contribution in [1.82, 2.24) is 29.5 Å². The molecule has 0 aliphatic carbocycles. The Hall–Kier alpha value is -4.53. The molecule has 5 rings (SSSR count). The highest BCUT2D eigenvalue weighted by Crippen LogP contribution is 2.22. The predicted molar refractivity (Wildman–Crippen MR) is 120 cm³/mol. The molecule has 0 saturated heterocycles. The number of H-pyrrole nitrogens is 1. The SMILES string of the molecule is Cc1c(C(=O)Nc2cccc(-n3c(C)c[nH]c3=O)c2)nnn1-c1cccc2ncccc12. The number of anilines is 1. The first-order valence-corrected chi connectivity index (χ1v) is 9.98. The monoisotopic (exact) mass is 425 g/mol. The molecular weight excluding hydrogens is 406 g/mol. The molecule has 9 nitrogen and oxygen atoms in total. The maximum absolute atomic E-state index is 13.0. The van der Waals surface area contributed by atoms with Gasteiger partial charge in [0.25, 0.3) is 5.91 Å². The third-order valence-electron chi connectivity index (χ3n) is 5.28. The van der Waals surface area contributed by atoms with E-state index in [1.165, 1.54) is 4.57 Å². The molecule has 0 bridgehead atoms. The first kappa shape index (κ1) is 19.4. The Bertz CT molecular complexity index is 1520. The van der Waals surface area contributed by atoms with E-state index in [9.17, 15) is 9.59 Å². The third kappa shape index (κ3) is 3.25. The minimum Gasteiger partial charge on any atom is -0.320 e. The van der Waals surface area contributed by atoms with E-state index in [0.29, 0.717) is 17.1 Å². The number of hydrogen-bond acceptors (Lipinski definition) is 5. The highest BCUT2D eigenvalue weighted by atomic mass is 16.2. The molecule has 0 radical (unpaired) electrons. The molecule has 2 N–H and O–H groups in total. The van der Waals surface area contributed by atoms with Crippen molar-refractivity contribution in [3.05, 3.63) is 94.6 Å². The summed E-state index contributed by atoms with van der Waals surface area (Å²) in [4.78, 5) is 32.0. The summed E-state index contributed by atoms with van der Waals surface area (Å²) < 4.78 is 3.17. The number of amides is 1. The molecule has 0 atom stereocenters. The van der Waals surface area contributed by atoms with Crippen LogP contribution in [0.4, 0.5) is 5.69 Å². The van der Waals surface area contributed by atoms with Gasteiger partial charge in [0.1, 0.15) is 0 Å². The standard InChI is InChI=1S/C23H19N7O2/c1-14-13-25-23(32)29(14)17-7-3-6-16(12-17)26-22(31)21-15(2)30(28-27-21)20-10-4-9-19-18(20)8-5-11-24-19/h3-13H,1-2H3,(H,25,32)(H,26,31). The summed E-state index contributed by atoms with van der Waals surface area (Å²) in [6.07, 6.45) is 3.37. The molecule has 0 aliphatic heterocycles. The number of hydrogen-bond donors (Lipinski definition) is 2. The molecule has 0 unspecified atom stereocenters. The topological polar surface area (TPSA) is 110 Å². The number of imidazole rings is 1. The van der Waals surface area contributed by atoms with Crippen LogP contribution >= 0.6 is 0 Å². The first-order chi connectivity index (χ1) is 15.5. The molecule has 1 amide bonds. The number of benzene rings is 2.